The quantitative estimate of drug-likeness (QED) is 0.626. The fourth-order valence-corrected chi connectivity index (χ4v) is 2.54. The fraction of sp³-hybridized carbons (Fsp3) is 0.318. The van der Waals surface area contributed by atoms with Gasteiger partial charge in [0.25, 0.3) is 5.91 Å². The smallest absolute Gasteiger partial charge is 0.279 e. The lowest BCUT2D eigenvalue weighted by atomic mass is 10.1. The van der Waals surface area contributed by atoms with E-state index in [0.717, 1.165) is 22.4 Å². The minimum absolute atomic E-state index is 0.00431. The summed E-state index contributed by atoms with van der Waals surface area (Å²) < 4.78 is 5.60. The molecule has 0 aliphatic rings. The van der Waals surface area contributed by atoms with Gasteiger partial charge in [-0.05, 0) is 56.5 Å². The van der Waals surface area contributed by atoms with E-state index in [2.05, 4.69) is 16.2 Å². The van der Waals surface area contributed by atoms with Gasteiger partial charge in [-0.25, -0.2) is 0 Å². The number of carbonyl (C=O) groups excluding carboxylic acids is 3. The summed E-state index contributed by atoms with van der Waals surface area (Å²) in [6, 6.07) is 13.1. The molecule has 0 aliphatic carbocycles. The maximum atomic E-state index is 12.1. The van der Waals surface area contributed by atoms with E-state index in [-0.39, 0.29) is 18.7 Å². The second-order valence-corrected chi connectivity index (χ2v) is 6.93. The molecule has 154 valence electrons. The van der Waals surface area contributed by atoms with Gasteiger partial charge in [0.1, 0.15) is 5.75 Å². The molecule has 2 aromatic rings. The van der Waals surface area contributed by atoms with Crippen molar-refractivity contribution in [3.8, 4) is 5.75 Å². The number of carbonyl (C=O) groups is 3. The topological polar surface area (TPSA) is 96.5 Å². The highest BCUT2D eigenvalue weighted by Crippen LogP contribution is 2.18. The van der Waals surface area contributed by atoms with Crippen LogP contribution < -0.4 is 20.9 Å². The lowest BCUT2D eigenvalue weighted by Crippen LogP contribution is -2.47. The van der Waals surface area contributed by atoms with Crippen molar-refractivity contribution in [3.63, 3.8) is 0 Å². The standard InChI is InChI=1S/C22H27N3O4/c1-14-9-10-15(2)18(13-14)23-20(26)11-12-21(27)24-25-22(28)17(4)29-19-8-6-5-7-16(19)3/h5-10,13,17H,11-12H2,1-4H3,(H,23,26)(H,24,27)(H,25,28). The van der Waals surface area contributed by atoms with Crippen molar-refractivity contribution in [3.05, 3.63) is 59.2 Å². The second-order valence-electron chi connectivity index (χ2n) is 6.93. The third kappa shape index (κ3) is 6.95. The molecule has 0 spiro atoms. The first-order valence-corrected chi connectivity index (χ1v) is 9.44. The highest BCUT2D eigenvalue weighted by atomic mass is 16.5. The van der Waals surface area contributed by atoms with E-state index in [0.29, 0.717) is 5.75 Å². The van der Waals surface area contributed by atoms with Crippen LogP contribution in [0.5, 0.6) is 5.75 Å². The number of rotatable bonds is 7. The zero-order valence-electron chi connectivity index (χ0n) is 17.2. The van der Waals surface area contributed by atoms with Gasteiger partial charge in [0.2, 0.25) is 11.8 Å². The Labute approximate surface area is 170 Å². The lowest BCUT2D eigenvalue weighted by Gasteiger charge is -2.16. The van der Waals surface area contributed by atoms with E-state index >= 15 is 0 Å². The Morgan fingerprint density at radius 1 is 0.897 bits per heavy atom. The van der Waals surface area contributed by atoms with Crippen LogP contribution in [0.25, 0.3) is 0 Å². The molecule has 1 atom stereocenters. The molecule has 0 fully saturated rings. The second kappa shape index (κ2) is 10.3. The van der Waals surface area contributed by atoms with Crippen molar-refractivity contribution in [1.29, 1.82) is 0 Å². The molecule has 0 bridgehead atoms. The minimum Gasteiger partial charge on any atom is -0.481 e. The molecule has 2 aromatic carbocycles. The van der Waals surface area contributed by atoms with Crippen LogP contribution in [0.3, 0.4) is 0 Å². The Kier molecular flexibility index (Phi) is 7.77. The molecule has 1 unspecified atom stereocenters. The van der Waals surface area contributed by atoms with Crippen LogP contribution in [0.4, 0.5) is 5.69 Å². The van der Waals surface area contributed by atoms with Gasteiger partial charge < -0.3 is 10.1 Å². The predicted octanol–water partition coefficient (Wildman–Crippen LogP) is 2.95. The fourth-order valence-electron chi connectivity index (χ4n) is 2.54. The molecule has 0 radical (unpaired) electrons. The SMILES string of the molecule is Cc1ccc(C)c(NC(=O)CCC(=O)NNC(=O)C(C)Oc2ccccc2C)c1. The first kappa shape index (κ1) is 21.9. The third-order valence-electron chi connectivity index (χ3n) is 4.34. The van der Waals surface area contributed by atoms with E-state index in [4.69, 9.17) is 4.74 Å². The van der Waals surface area contributed by atoms with Gasteiger partial charge in [-0.15, -0.1) is 0 Å². The highest BCUT2D eigenvalue weighted by Gasteiger charge is 2.16. The first-order valence-electron chi connectivity index (χ1n) is 9.44. The minimum atomic E-state index is -0.788. The van der Waals surface area contributed by atoms with Gasteiger partial charge in [-0.1, -0.05) is 30.3 Å². The van der Waals surface area contributed by atoms with Gasteiger partial charge >= 0.3 is 0 Å². The Morgan fingerprint density at radius 3 is 2.31 bits per heavy atom. The summed E-state index contributed by atoms with van der Waals surface area (Å²) in [7, 11) is 0. The normalized spacial score (nSPS) is 11.3. The average molecular weight is 397 g/mol. The highest BCUT2D eigenvalue weighted by molar-refractivity contribution is 5.94. The monoisotopic (exact) mass is 397 g/mol. The molecule has 3 N–H and O–H groups in total. The molecular weight excluding hydrogens is 370 g/mol. The van der Waals surface area contributed by atoms with E-state index in [1.54, 1.807) is 13.0 Å². The van der Waals surface area contributed by atoms with Crippen LogP contribution in [0.2, 0.25) is 0 Å². The Morgan fingerprint density at radius 2 is 1.59 bits per heavy atom. The van der Waals surface area contributed by atoms with Gasteiger partial charge in [0.05, 0.1) is 0 Å². The summed E-state index contributed by atoms with van der Waals surface area (Å²) in [6.45, 7) is 7.31. The number of amides is 3. The zero-order valence-corrected chi connectivity index (χ0v) is 17.2. The van der Waals surface area contributed by atoms with Gasteiger partial charge in [0.15, 0.2) is 6.10 Å². The lowest BCUT2D eigenvalue weighted by molar-refractivity contribution is -0.133. The predicted molar refractivity (Wildman–Crippen MR) is 111 cm³/mol. The average Bonchev–Trinajstić information content (AvgIpc) is 2.69. The molecule has 0 saturated carbocycles. The Hall–Kier alpha value is -3.35. The van der Waals surface area contributed by atoms with Crippen LogP contribution in [0, 0.1) is 20.8 Å². The summed E-state index contributed by atoms with van der Waals surface area (Å²) >= 11 is 0. The number of nitrogens with one attached hydrogen (secondary N) is 3. The number of aryl methyl sites for hydroxylation is 3. The molecular formula is C22H27N3O4. The van der Waals surface area contributed by atoms with E-state index in [1.807, 2.05) is 57.2 Å². The molecule has 7 heteroatoms. The maximum Gasteiger partial charge on any atom is 0.279 e. The van der Waals surface area contributed by atoms with Gasteiger partial charge in [-0.2, -0.15) is 0 Å². The molecule has 0 aromatic heterocycles. The Balaban J connectivity index is 1.73. The molecule has 29 heavy (non-hydrogen) atoms. The third-order valence-corrected chi connectivity index (χ3v) is 4.34. The first-order chi connectivity index (χ1) is 13.8. The summed E-state index contributed by atoms with van der Waals surface area (Å²) in [5.41, 5.74) is 8.24. The number of ether oxygens (including phenoxy) is 1. The van der Waals surface area contributed by atoms with Crippen LogP contribution in [0.1, 0.15) is 36.5 Å². The number of hydrogen-bond acceptors (Lipinski definition) is 4. The van der Waals surface area contributed by atoms with Crippen molar-refractivity contribution in [2.45, 2.75) is 46.6 Å². The zero-order chi connectivity index (χ0) is 21.4. The summed E-state index contributed by atoms with van der Waals surface area (Å²) in [4.78, 5) is 36.1. The summed E-state index contributed by atoms with van der Waals surface area (Å²) in [6.07, 6.45) is -0.835. The van der Waals surface area contributed by atoms with Crippen molar-refractivity contribution < 1.29 is 19.1 Å². The van der Waals surface area contributed by atoms with Crippen LogP contribution in [-0.4, -0.2) is 23.8 Å². The summed E-state index contributed by atoms with van der Waals surface area (Å²) in [5, 5.41) is 2.80. The van der Waals surface area contributed by atoms with E-state index in [9.17, 15) is 14.4 Å². The molecule has 7 nitrogen and oxygen atoms in total. The van der Waals surface area contributed by atoms with E-state index in [1.165, 1.54) is 0 Å². The molecule has 3 amide bonds. The molecule has 0 aliphatic heterocycles. The van der Waals surface area contributed by atoms with Crippen molar-refractivity contribution in [2.24, 2.45) is 0 Å². The number of para-hydroxylation sites is 1. The number of anilines is 1. The van der Waals surface area contributed by atoms with E-state index < -0.39 is 17.9 Å². The molecule has 0 saturated heterocycles. The van der Waals surface area contributed by atoms with Crippen LogP contribution >= 0.6 is 0 Å². The summed E-state index contributed by atoms with van der Waals surface area (Å²) in [5.74, 6) is -0.611. The van der Waals surface area contributed by atoms with Gasteiger partial charge in [-0.3, -0.25) is 25.2 Å². The molecule has 0 heterocycles. The van der Waals surface area contributed by atoms with Crippen molar-refractivity contribution in [2.75, 3.05) is 5.32 Å². The van der Waals surface area contributed by atoms with Crippen LogP contribution in [-0.2, 0) is 14.4 Å². The largest absolute Gasteiger partial charge is 0.481 e. The number of hydrazine groups is 1. The molecule has 2 rings (SSSR count). The van der Waals surface area contributed by atoms with Crippen molar-refractivity contribution >= 4 is 23.4 Å². The van der Waals surface area contributed by atoms with Gasteiger partial charge in [0, 0.05) is 18.5 Å². The number of benzene rings is 2. The Bertz CT molecular complexity index is 895. The number of hydrogen-bond donors (Lipinski definition) is 3. The maximum absolute atomic E-state index is 12.1. The van der Waals surface area contributed by atoms with Crippen molar-refractivity contribution in [1.82, 2.24) is 10.9 Å². The van der Waals surface area contributed by atoms with Crippen LogP contribution in [0.15, 0.2) is 42.5 Å².